The number of anilines is 1. The van der Waals surface area contributed by atoms with E-state index in [9.17, 15) is 0 Å². The van der Waals surface area contributed by atoms with Crippen LogP contribution in [0.1, 0.15) is 24.0 Å². The summed E-state index contributed by atoms with van der Waals surface area (Å²) in [5.41, 5.74) is 9.98. The zero-order valence-corrected chi connectivity index (χ0v) is 12.2. The summed E-state index contributed by atoms with van der Waals surface area (Å²) in [6.45, 7) is 2.44. The van der Waals surface area contributed by atoms with Gasteiger partial charge in [-0.2, -0.15) is 0 Å². The monoisotopic (exact) mass is 282 g/mol. The predicted octanol–water partition coefficient (Wildman–Crippen LogP) is 3.73. The Bertz CT molecular complexity index is 535. The minimum absolute atomic E-state index is 0.729. The highest BCUT2D eigenvalue weighted by Gasteiger charge is 2.20. The highest BCUT2D eigenvalue weighted by Crippen LogP contribution is 2.29. The minimum Gasteiger partial charge on any atom is -0.376 e. The molecule has 21 heavy (non-hydrogen) atoms. The fourth-order valence-corrected chi connectivity index (χ4v) is 2.15. The smallest absolute Gasteiger partial charge is 0.0717 e. The lowest BCUT2D eigenvalue weighted by molar-refractivity contribution is 0.111. The van der Waals surface area contributed by atoms with E-state index in [1.165, 1.54) is 24.0 Å². The number of ether oxygens (including phenoxy) is 1. The molecule has 1 aliphatic rings. The maximum atomic E-state index is 5.69. The summed E-state index contributed by atoms with van der Waals surface area (Å²) in [5.74, 6) is 0.831. The zero-order valence-electron chi connectivity index (χ0n) is 12.2. The standard InChI is InChI=1S/C18H22N2O/c1-2-4-18(5-3-1)20-19-12-15-6-8-16(9-7-15)13-21-14-17-10-11-17/h1-9,17,19-20H,10-14H2. The van der Waals surface area contributed by atoms with Gasteiger partial charge in [-0.3, -0.25) is 0 Å². The van der Waals surface area contributed by atoms with E-state index in [1.807, 2.05) is 30.3 Å². The third kappa shape index (κ3) is 4.88. The van der Waals surface area contributed by atoms with E-state index in [4.69, 9.17) is 4.74 Å². The summed E-state index contributed by atoms with van der Waals surface area (Å²) >= 11 is 0. The van der Waals surface area contributed by atoms with E-state index >= 15 is 0 Å². The van der Waals surface area contributed by atoms with Crippen LogP contribution < -0.4 is 10.9 Å². The quantitative estimate of drug-likeness (QED) is 0.724. The van der Waals surface area contributed by atoms with Gasteiger partial charge in [0, 0.05) is 18.8 Å². The van der Waals surface area contributed by atoms with Crippen LogP contribution in [-0.2, 0) is 17.9 Å². The van der Waals surface area contributed by atoms with Crippen molar-refractivity contribution >= 4 is 5.69 Å². The van der Waals surface area contributed by atoms with Gasteiger partial charge < -0.3 is 10.2 Å². The molecule has 0 amide bonds. The Morgan fingerprint density at radius 2 is 1.62 bits per heavy atom. The second-order valence-corrected chi connectivity index (χ2v) is 5.62. The molecule has 3 heteroatoms. The Morgan fingerprint density at radius 3 is 2.33 bits per heavy atom. The summed E-state index contributed by atoms with van der Waals surface area (Å²) in [5, 5.41) is 0. The lowest BCUT2D eigenvalue weighted by Gasteiger charge is -2.09. The molecule has 0 unspecified atom stereocenters. The molecule has 1 saturated carbocycles. The Hall–Kier alpha value is -1.84. The molecule has 0 aromatic heterocycles. The summed E-state index contributed by atoms with van der Waals surface area (Å²) in [6.07, 6.45) is 2.69. The number of hydrogen-bond acceptors (Lipinski definition) is 3. The second kappa shape index (κ2) is 7.25. The third-order valence-corrected chi connectivity index (χ3v) is 3.64. The van der Waals surface area contributed by atoms with E-state index in [0.717, 1.165) is 31.4 Å². The van der Waals surface area contributed by atoms with Gasteiger partial charge in [0.2, 0.25) is 0 Å². The molecule has 0 saturated heterocycles. The van der Waals surface area contributed by atoms with Crippen molar-refractivity contribution in [2.75, 3.05) is 12.0 Å². The maximum absolute atomic E-state index is 5.69. The van der Waals surface area contributed by atoms with Crippen LogP contribution in [0, 0.1) is 5.92 Å². The van der Waals surface area contributed by atoms with Crippen molar-refractivity contribution in [3.8, 4) is 0 Å². The Kier molecular flexibility index (Phi) is 4.87. The molecule has 2 aromatic rings. The second-order valence-electron chi connectivity index (χ2n) is 5.62. The SMILES string of the molecule is c1ccc(NNCc2ccc(COCC3CC3)cc2)cc1. The molecule has 3 rings (SSSR count). The van der Waals surface area contributed by atoms with E-state index in [0.29, 0.717) is 0 Å². The average Bonchev–Trinajstić information content (AvgIpc) is 3.34. The van der Waals surface area contributed by atoms with Gasteiger partial charge in [-0.05, 0) is 42.0 Å². The van der Waals surface area contributed by atoms with Crippen LogP contribution in [0.15, 0.2) is 54.6 Å². The summed E-state index contributed by atoms with van der Waals surface area (Å²) in [4.78, 5) is 0. The first-order valence-corrected chi connectivity index (χ1v) is 7.59. The van der Waals surface area contributed by atoms with Crippen molar-refractivity contribution in [3.63, 3.8) is 0 Å². The van der Waals surface area contributed by atoms with Crippen molar-refractivity contribution < 1.29 is 4.74 Å². The Labute approximate surface area is 126 Å². The number of para-hydroxylation sites is 1. The molecule has 0 spiro atoms. The molecule has 0 radical (unpaired) electrons. The summed E-state index contributed by atoms with van der Waals surface area (Å²) in [6, 6.07) is 18.7. The van der Waals surface area contributed by atoms with Crippen LogP contribution in [0.4, 0.5) is 5.69 Å². The lowest BCUT2D eigenvalue weighted by atomic mass is 10.1. The molecular formula is C18H22N2O. The fraction of sp³-hybridized carbons (Fsp3) is 0.333. The Morgan fingerprint density at radius 1 is 0.905 bits per heavy atom. The minimum atomic E-state index is 0.729. The number of rotatable bonds is 8. The molecule has 0 aliphatic heterocycles. The molecular weight excluding hydrogens is 260 g/mol. The highest BCUT2D eigenvalue weighted by atomic mass is 16.5. The average molecular weight is 282 g/mol. The summed E-state index contributed by atoms with van der Waals surface area (Å²) in [7, 11) is 0. The third-order valence-electron chi connectivity index (χ3n) is 3.64. The normalized spacial score (nSPS) is 14.1. The Balaban J connectivity index is 1.39. The van der Waals surface area contributed by atoms with Crippen molar-refractivity contribution in [1.82, 2.24) is 5.43 Å². The maximum Gasteiger partial charge on any atom is 0.0717 e. The van der Waals surface area contributed by atoms with E-state index in [2.05, 4.69) is 35.1 Å². The van der Waals surface area contributed by atoms with Crippen LogP contribution in [0.3, 0.4) is 0 Å². The molecule has 2 aromatic carbocycles. The first-order valence-electron chi connectivity index (χ1n) is 7.59. The molecule has 1 fully saturated rings. The predicted molar refractivity (Wildman–Crippen MR) is 85.7 cm³/mol. The van der Waals surface area contributed by atoms with Gasteiger partial charge >= 0.3 is 0 Å². The van der Waals surface area contributed by atoms with Crippen molar-refractivity contribution in [3.05, 3.63) is 65.7 Å². The largest absolute Gasteiger partial charge is 0.376 e. The molecule has 2 N–H and O–H groups in total. The van der Waals surface area contributed by atoms with Gasteiger partial charge in [0.25, 0.3) is 0 Å². The summed E-state index contributed by atoms with van der Waals surface area (Å²) < 4.78 is 5.69. The van der Waals surface area contributed by atoms with Crippen molar-refractivity contribution in [2.24, 2.45) is 5.92 Å². The van der Waals surface area contributed by atoms with Crippen LogP contribution in [0.2, 0.25) is 0 Å². The van der Waals surface area contributed by atoms with E-state index in [1.54, 1.807) is 0 Å². The molecule has 3 nitrogen and oxygen atoms in total. The van der Waals surface area contributed by atoms with Gasteiger partial charge in [0.15, 0.2) is 0 Å². The molecule has 110 valence electrons. The van der Waals surface area contributed by atoms with Crippen molar-refractivity contribution in [2.45, 2.75) is 26.0 Å². The molecule has 1 aliphatic carbocycles. The van der Waals surface area contributed by atoms with Crippen LogP contribution in [0.5, 0.6) is 0 Å². The number of benzene rings is 2. The van der Waals surface area contributed by atoms with Gasteiger partial charge in [0.05, 0.1) is 6.61 Å². The number of hydrogen-bond donors (Lipinski definition) is 2. The topological polar surface area (TPSA) is 33.3 Å². The first-order chi connectivity index (χ1) is 10.4. The van der Waals surface area contributed by atoms with Gasteiger partial charge in [-0.1, -0.05) is 42.5 Å². The van der Waals surface area contributed by atoms with E-state index < -0.39 is 0 Å². The van der Waals surface area contributed by atoms with Crippen LogP contribution in [0.25, 0.3) is 0 Å². The van der Waals surface area contributed by atoms with E-state index in [-0.39, 0.29) is 0 Å². The number of hydrazine groups is 1. The fourth-order valence-electron chi connectivity index (χ4n) is 2.15. The van der Waals surface area contributed by atoms with Crippen LogP contribution in [-0.4, -0.2) is 6.61 Å². The first kappa shape index (κ1) is 14.1. The number of nitrogens with one attached hydrogen (secondary N) is 2. The lowest BCUT2D eigenvalue weighted by Crippen LogP contribution is -2.20. The zero-order chi connectivity index (χ0) is 14.3. The van der Waals surface area contributed by atoms with Gasteiger partial charge in [-0.25, -0.2) is 5.43 Å². The molecule has 0 heterocycles. The highest BCUT2D eigenvalue weighted by molar-refractivity contribution is 5.41. The van der Waals surface area contributed by atoms with Gasteiger partial charge in [-0.15, -0.1) is 0 Å². The van der Waals surface area contributed by atoms with Crippen LogP contribution >= 0.6 is 0 Å². The van der Waals surface area contributed by atoms with Gasteiger partial charge in [0.1, 0.15) is 0 Å². The molecule has 0 bridgehead atoms. The van der Waals surface area contributed by atoms with Crippen molar-refractivity contribution in [1.29, 1.82) is 0 Å². The molecule has 0 atom stereocenters.